The van der Waals surface area contributed by atoms with Crippen molar-refractivity contribution < 1.29 is 18.3 Å². The molecule has 0 spiro atoms. The van der Waals surface area contributed by atoms with Crippen LogP contribution in [0.2, 0.25) is 5.02 Å². The number of halogens is 3. The monoisotopic (exact) mass is 312 g/mol. The predicted molar refractivity (Wildman–Crippen MR) is 73.3 cm³/mol. The Kier molecular flexibility index (Phi) is 4.70. The average molecular weight is 313 g/mol. The molecule has 0 aliphatic rings. The summed E-state index contributed by atoms with van der Waals surface area (Å²) in [5.41, 5.74) is 0.297. The fourth-order valence-electron chi connectivity index (χ4n) is 1.69. The van der Waals surface area contributed by atoms with Crippen molar-refractivity contribution in [1.29, 1.82) is 0 Å². The van der Waals surface area contributed by atoms with E-state index in [4.69, 9.17) is 16.3 Å². The Morgan fingerprint density at radius 3 is 2.81 bits per heavy atom. The Bertz CT molecular complexity index is 680. The van der Waals surface area contributed by atoms with Gasteiger partial charge < -0.3 is 10.1 Å². The third kappa shape index (κ3) is 3.66. The van der Waals surface area contributed by atoms with Gasteiger partial charge in [-0.25, -0.2) is 13.8 Å². The van der Waals surface area contributed by atoms with E-state index in [-0.39, 0.29) is 28.6 Å². The molecule has 0 saturated carbocycles. The highest BCUT2D eigenvalue weighted by molar-refractivity contribution is 6.30. The van der Waals surface area contributed by atoms with Gasteiger partial charge in [0, 0.05) is 24.4 Å². The Balaban J connectivity index is 2.13. The standard InChI is InChI=1S/C14H11ClF2N2O2/c1-21-14-11(4-9(15)7-19-14)13(20)18-6-8-2-3-10(16)5-12(8)17/h2-5,7H,6H2,1H3,(H,18,20). The lowest BCUT2D eigenvalue weighted by Gasteiger charge is -2.09. The highest BCUT2D eigenvalue weighted by Crippen LogP contribution is 2.19. The quantitative estimate of drug-likeness (QED) is 0.944. The van der Waals surface area contributed by atoms with Crippen molar-refractivity contribution in [2.75, 3.05) is 7.11 Å². The number of benzene rings is 1. The Morgan fingerprint density at radius 2 is 2.14 bits per heavy atom. The first-order chi connectivity index (χ1) is 10.0. The number of carbonyl (C=O) groups excluding carboxylic acids is 1. The molecule has 0 fully saturated rings. The number of hydrogen-bond acceptors (Lipinski definition) is 3. The van der Waals surface area contributed by atoms with E-state index < -0.39 is 17.5 Å². The minimum absolute atomic E-state index is 0.0966. The van der Waals surface area contributed by atoms with E-state index >= 15 is 0 Å². The zero-order valence-electron chi connectivity index (χ0n) is 11.0. The minimum Gasteiger partial charge on any atom is -0.480 e. The van der Waals surface area contributed by atoms with Crippen LogP contribution in [0.5, 0.6) is 5.88 Å². The number of carbonyl (C=O) groups is 1. The van der Waals surface area contributed by atoms with E-state index in [9.17, 15) is 13.6 Å². The van der Waals surface area contributed by atoms with E-state index in [0.29, 0.717) is 0 Å². The fourth-order valence-corrected chi connectivity index (χ4v) is 1.85. The number of rotatable bonds is 4. The molecule has 0 bridgehead atoms. The van der Waals surface area contributed by atoms with Gasteiger partial charge in [-0.1, -0.05) is 17.7 Å². The zero-order valence-corrected chi connectivity index (χ0v) is 11.7. The Labute approximate surface area is 124 Å². The van der Waals surface area contributed by atoms with Gasteiger partial charge in [0.05, 0.1) is 12.1 Å². The summed E-state index contributed by atoms with van der Waals surface area (Å²) in [7, 11) is 1.37. The summed E-state index contributed by atoms with van der Waals surface area (Å²) in [6.45, 7) is -0.0966. The van der Waals surface area contributed by atoms with Gasteiger partial charge in [-0.2, -0.15) is 0 Å². The van der Waals surface area contributed by atoms with E-state index in [1.165, 1.54) is 25.4 Å². The van der Waals surface area contributed by atoms with Gasteiger partial charge in [0.1, 0.15) is 17.2 Å². The molecular weight excluding hydrogens is 302 g/mol. The van der Waals surface area contributed by atoms with Crippen LogP contribution in [0.15, 0.2) is 30.5 Å². The normalized spacial score (nSPS) is 10.3. The fraction of sp³-hybridized carbons (Fsp3) is 0.143. The van der Waals surface area contributed by atoms with E-state index in [2.05, 4.69) is 10.3 Å². The molecule has 0 saturated heterocycles. The van der Waals surface area contributed by atoms with Crippen LogP contribution in [0.3, 0.4) is 0 Å². The van der Waals surface area contributed by atoms with Gasteiger partial charge in [-0.3, -0.25) is 4.79 Å². The lowest BCUT2D eigenvalue weighted by Crippen LogP contribution is -2.24. The van der Waals surface area contributed by atoms with Crippen LogP contribution in [-0.4, -0.2) is 18.0 Å². The molecule has 2 rings (SSSR count). The van der Waals surface area contributed by atoms with Gasteiger partial charge in [0.25, 0.3) is 5.91 Å². The molecule has 0 aliphatic heterocycles. The summed E-state index contributed by atoms with van der Waals surface area (Å²) in [6, 6.07) is 4.53. The molecule has 0 radical (unpaired) electrons. The summed E-state index contributed by atoms with van der Waals surface area (Å²) < 4.78 is 31.2. The van der Waals surface area contributed by atoms with Crippen molar-refractivity contribution >= 4 is 17.5 Å². The van der Waals surface area contributed by atoms with Crippen molar-refractivity contribution in [3.05, 3.63) is 58.2 Å². The van der Waals surface area contributed by atoms with Gasteiger partial charge >= 0.3 is 0 Å². The molecule has 1 amide bonds. The van der Waals surface area contributed by atoms with Crippen LogP contribution < -0.4 is 10.1 Å². The second kappa shape index (κ2) is 6.49. The number of amides is 1. The third-order valence-corrected chi connectivity index (χ3v) is 2.92. The molecule has 21 heavy (non-hydrogen) atoms. The molecule has 7 heteroatoms. The zero-order chi connectivity index (χ0) is 15.4. The van der Waals surface area contributed by atoms with Crippen LogP contribution in [-0.2, 0) is 6.54 Å². The van der Waals surface area contributed by atoms with Crippen LogP contribution in [0.25, 0.3) is 0 Å². The van der Waals surface area contributed by atoms with Crippen molar-refractivity contribution in [2.24, 2.45) is 0 Å². The molecule has 110 valence electrons. The molecule has 0 atom stereocenters. The smallest absolute Gasteiger partial charge is 0.257 e. The second-order valence-electron chi connectivity index (χ2n) is 4.13. The maximum Gasteiger partial charge on any atom is 0.257 e. The van der Waals surface area contributed by atoms with Crippen molar-refractivity contribution in [1.82, 2.24) is 10.3 Å². The molecule has 4 nitrogen and oxygen atoms in total. The first-order valence-electron chi connectivity index (χ1n) is 5.93. The first-order valence-corrected chi connectivity index (χ1v) is 6.30. The van der Waals surface area contributed by atoms with Gasteiger partial charge in [0.15, 0.2) is 0 Å². The lowest BCUT2D eigenvalue weighted by molar-refractivity contribution is 0.0947. The molecule has 1 N–H and O–H groups in total. The van der Waals surface area contributed by atoms with Crippen molar-refractivity contribution in [2.45, 2.75) is 6.54 Å². The van der Waals surface area contributed by atoms with E-state index in [0.717, 1.165) is 12.1 Å². The molecule has 1 aromatic heterocycles. The molecule has 0 aliphatic carbocycles. The van der Waals surface area contributed by atoms with Crippen LogP contribution in [0, 0.1) is 11.6 Å². The number of ether oxygens (including phenoxy) is 1. The third-order valence-electron chi connectivity index (χ3n) is 2.71. The van der Waals surface area contributed by atoms with E-state index in [1.807, 2.05) is 0 Å². The molecule has 0 unspecified atom stereocenters. The Hall–Kier alpha value is -2.21. The Morgan fingerprint density at radius 1 is 1.38 bits per heavy atom. The predicted octanol–water partition coefficient (Wildman–Crippen LogP) is 2.95. The summed E-state index contributed by atoms with van der Waals surface area (Å²) in [5.74, 6) is -1.82. The molecular formula is C14H11ClF2N2O2. The SMILES string of the molecule is COc1ncc(Cl)cc1C(=O)NCc1ccc(F)cc1F. The van der Waals surface area contributed by atoms with Gasteiger partial charge in [0.2, 0.25) is 5.88 Å². The highest BCUT2D eigenvalue weighted by atomic mass is 35.5. The van der Waals surface area contributed by atoms with Crippen LogP contribution in [0.4, 0.5) is 8.78 Å². The lowest BCUT2D eigenvalue weighted by atomic mass is 10.2. The van der Waals surface area contributed by atoms with Crippen molar-refractivity contribution in [3.8, 4) is 5.88 Å². The average Bonchev–Trinajstić information content (AvgIpc) is 2.46. The molecule has 1 aromatic carbocycles. The number of hydrogen-bond donors (Lipinski definition) is 1. The van der Waals surface area contributed by atoms with Crippen LogP contribution >= 0.6 is 11.6 Å². The topological polar surface area (TPSA) is 51.2 Å². The largest absolute Gasteiger partial charge is 0.480 e. The number of methoxy groups -OCH3 is 1. The summed E-state index contributed by atoms with van der Waals surface area (Å²) in [6.07, 6.45) is 1.34. The molecule has 2 aromatic rings. The van der Waals surface area contributed by atoms with Gasteiger partial charge in [-0.05, 0) is 12.1 Å². The number of pyridine rings is 1. The molecule has 1 heterocycles. The van der Waals surface area contributed by atoms with Crippen LogP contribution in [0.1, 0.15) is 15.9 Å². The van der Waals surface area contributed by atoms with E-state index in [1.54, 1.807) is 0 Å². The van der Waals surface area contributed by atoms with Crippen molar-refractivity contribution in [3.63, 3.8) is 0 Å². The maximum absolute atomic E-state index is 13.5. The summed E-state index contributed by atoms with van der Waals surface area (Å²) >= 11 is 5.78. The van der Waals surface area contributed by atoms with Gasteiger partial charge in [-0.15, -0.1) is 0 Å². The number of aromatic nitrogens is 1. The minimum atomic E-state index is -0.730. The number of nitrogens with one attached hydrogen (secondary N) is 1. The first kappa shape index (κ1) is 15.2. The maximum atomic E-state index is 13.5. The second-order valence-corrected chi connectivity index (χ2v) is 4.57. The number of nitrogens with zero attached hydrogens (tertiary/aromatic N) is 1. The summed E-state index contributed by atoms with van der Waals surface area (Å²) in [5, 5.41) is 2.77. The summed E-state index contributed by atoms with van der Waals surface area (Å²) in [4.78, 5) is 15.9. The highest BCUT2D eigenvalue weighted by Gasteiger charge is 2.15.